The molecule has 0 bridgehead atoms. The van der Waals surface area contributed by atoms with Crippen molar-refractivity contribution in [3.63, 3.8) is 0 Å². The van der Waals surface area contributed by atoms with E-state index in [4.69, 9.17) is 20.8 Å². The minimum atomic E-state index is -4.79. The van der Waals surface area contributed by atoms with Crippen LogP contribution in [0.2, 0.25) is 5.02 Å². The fourth-order valence-electron chi connectivity index (χ4n) is 3.97. The van der Waals surface area contributed by atoms with Crippen LogP contribution in [0.5, 0.6) is 5.75 Å². The summed E-state index contributed by atoms with van der Waals surface area (Å²) in [5, 5.41) is 0.158. The van der Waals surface area contributed by atoms with Crippen LogP contribution in [-0.4, -0.2) is 56.3 Å². The molecule has 35 heavy (non-hydrogen) atoms. The zero-order valence-electron chi connectivity index (χ0n) is 18.9. The molecule has 1 fully saturated rings. The lowest BCUT2D eigenvalue weighted by Gasteiger charge is -2.33. The summed E-state index contributed by atoms with van der Waals surface area (Å²) in [5.74, 6) is 0.412. The number of carbonyl (C=O) groups is 1. The average molecular weight is 531 g/mol. The molecule has 1 aliphatic rings. The number of nitrogens with zero attached hydrogens (tertiary/aromatic N) is 2. The van der Waals surface area contributed by atoms with E-state index in [1.165, 1.54) is 4.90 Å². The van der Waals surface area contributed by atoms with E-state index in [1.54, 1.807) is 25.1 Å². The number of carbonyl (C=O) groups excluding carboxylic acids is 1. The number of alkyl halides is 3. The van der Waals surface area contributed by atoms with Crippen molar-refractivity contribution in [2.75, 3.05) is 32.8 Å². The van der Waals surface area contributed by atoms with Gasteiger partial charge in [0.1, 0.15) is 11.3 Å². The highest BCUT2D eigenvalue weighted by Gasteiger charge is 2.37. The first-order valence-corrected chi connectivity index (χ1v) is 12.6. The minimum Gasteiger partial charge on any atom is -0.494 e. The topological polar surface area (TPSA) is 80.1 Å². The zero-order valence-corrected chi connectivity index (χ0v) is 20.4. The van der Waals surface area contributed by atoms with Crippen LogP contribution in [0.4, 0.5) is 13.2 Å². The van der Waals surface area contributed by atoms with Crippen molar-refractivity contribution in [2.24, 2.45) is 0 Å². The number of amides is 1. The van der Waals surface area contributed by atoms with E-state index < -0.39 is 31.7 Å². The average Bonchev–Trinajstić information content (AvgIpc) is 3.14. The number of fused-ring (bicyclic) bond motifs is 1. The molecule has 1 aliphatic heterocycles. The van der Waals surface area contributed by atoms with Crippen molar-refractivity contribution >= 4 is 38.5 Å². The summed E-state index contributed by atoms with van der Waals surface area (Å²) in [6.07, 6.45) is -4.79. The SMILES string of the molecule is CCOc1ccc2oc(C(=O)N3CCN(S(=O)(=O)c4ccc(Cl)c(C(F)(F)F)c4)CC3)c(C)c2c1. The molecule has 0 atom stereocenters. The summed E-state index contributed by atoms with van der Waals surface area (Å²) in [6, 6.07) is 7.74. The molecule has 2 aromatic carbocycles. The monoisotopic (exact) mass is 530 g/mol. The van der Waals surface area contributed by atoms with Gasteiger partial charge in [-0.05, 0) is 50.2 Å². The van der Waals surface area contributed by atoms with E-state index in [0.29, 0.717) is 29.6 Å². The van der Waals surface area contributed by atoms with Gasteiger partial charge in [0.15, 0.2) is 5.76 Å². The Labute approximate surface area is 205 Å². The van der Waals surface area contributed by atoms with Crippen LogP contribution in [0.1, 0.15) is 28.6 Å². The summed E-state index contributed by atoms with van der Waals surface area (Å²) in [7, 11) is -4.21. The molecule has 1 amide bonds. The summed E-state index contributed by atoms with van der Waals surface area (Å²) in [4.78, 5) is 14.1. The van der Waals surface area contributed by atoms with Gasteiger partial charge < -0.3 is 14.1 Å². The van der Waals surface area contributed by atoms with Crippen molar-refractivity contribution in [1.29, 1.82) is 0 Å². The fourth-order valence-corrected chi connectivity index (χ4v) is 5.64. The summed E-state index contributed by atoms with van der Waals surface area (Å²) < 4.78 is 77.8. The molecule has 0 unspecified atom stereocenters. The lowest BCUT2D eigenvalue weighted by Crippen LogP contribution is -2.50. The number of benzene rings is 2. The van der Waals surface area contributed by atoms with Gasteiger partial charge in [0.2, 0.25) is 10.0 Å². The smallest absolute Gasteiger partial charge is 0.417 e. The Balaban J connectivity index is 1.51. The van der Waals surface area contributed by atoms with Gasteiger partial charge in [-0.1, -0.05) is 11.6 Å². The van der Waals surface area contributed by atoms with Crippen LogP contribution < -0.4 is 4.74 Å². The van der Waals surface area contributed by atoms with Gasteiger partial charge in [0.25, 0.3) is 5.91 Å². The van der Waals surface area contributed by atoms with Crippen molar-refractivity contribution in [3.8, 4) is 5.75 Å². The van der Waals surface area contributed by atoms with Crippen molar-refractivity contribution in [3.05, 3.63) is 58.3 Å². The predicted molar refractivity (Wildman–Crippen MR) is 123 cm³/mol. The van der Waals surface area contributed by atoms with Gasteiger partial charge in [-0.15, -0.1) is 0 Å². The van der Waals surface area contributed by atoms with Crippen LogP contribution in [0.15, 0.2) is 45.7 Å². The fraction of sp³-hybridized carbons (Fsp3) is 0.348. The molecular formula is C23H22ClF3N2O5S. The molecule has 0 spiro atoms. The van der Waals surface area contributed by atoms with E-state index in [0.717, 1.165) is 21.8 Å². The normalized spacial score (nSPS) is 15.5. The third-order valence-electron chi connectivity index (χ3n) is 5.82. The Hall–Kier alpha value is -2.76. The Morgan fingerprint density at radius 2 is 1.80 bits per heavy atom. The van der Waals surface area contributed by atoms with Crippen molar-refractivity contribution < 1.29 is 35.5 Å². The van der Waals surface area contributed by atoms with Crippen molar-refractivity contribution in [2.45, 2.75) is 24.9 Å². The van der Waals surface area contributed by atoms with Gasteiger partial charge in [-0.3, -0.25) is 4.79 Å². The van der Waals surface area contributed by atoms with Crippen LogP contribution >= 0.6 is 11.6 Å². The molecule has 0 N–H and O–H groups in total. The van der Waals surface area contributed by atoms with Gasteiger partial charge >= 0.3 is 6.18 Å². The Morgan fingerprint density at radius 3 is 2.43 bits per heavy atom. The lowest BCUT2D eigenvalue weighted by atomic mass is 10.1. The van der Waals surface area contributed by atoms with Gasteiger partial charge in [-0.25, -0.2) is 8.42 Å². The first kappa shape index (κ1) is 25.3. The number of sulfonamides is 1. The zero-order chi connectivity index (χ0) is 25.5. The first-order chi connectivity index (χ1) is 16.4. The molecule has 188 valence electrons. The standard InChI is InChI=1S/C23H22ClF3N2O5S/c1-3-33-15-4-7-20-17(12-15)14(2)21(34-20)22(30)28-8-10-29(11-9-28)35(31,32)16-5-6-19(24)18(13-16)23(25,26)27/h4-7,12-13H,3,8-11H2,1-2H3. The second-order valence-corrected chi connectivity index (χ2v) is 10.3. The lowest BCUT2D eigenvalue weighted by molar-refractivity contribution is -0.137. The molecule has 2 heterocycles. The summed E-state index contributed by atoms with van der Waals surface area (Å²) in [6.45, 7) is 4.07. The summed E-state index contributed by atoms with van der Waals surface area (Å²) in [5.41, 5.74) is -0.0527. The number of piperazine rings is 1. The predicted octanol–water partition coefficient (Wildman–Crippen LogP) is 4.96. The molecule has 4 rings (SSSR count). The second kappa shape index (κ2) is 9.36. The molecule has 1 aromatic heterocycles. The van der Waals surface area contributed by atoms with E-state index in [1.807, 2.05) is 6.92 Å². The van der Waals surface area contributed by atoms with Gasteiger partial charge in [-0.2, -0.15) is 17.5 Å². The molecule has 0 radical (unpaired) electrons. The largest absolute Gasteiger partial charge is 0.494 e. The number of furan rings is 1. The van der Waals surface area contributed by atoms with E-state index in [9.17, 15) is 26.4 Å². The molecule has 0 aliphatic carbocycles. The van der Waals surface area contributed by atoms with E-state index >= 15 is 0 Å². The number of aryl methyl sites for hydroxylation is 1. The maximum absolute atomic E-state index is 13.2. The molecule has 1 saturated heterocycles. The van der Waals surface area contributed by atoms with Crippen LogP contribution in [0, 0.1) is 6.92 Å². The van der Waals surface area contributed by atoms with Crippen LogP contribution in [-0.2, 0) is 16.2 Å². The quantitative estimate of drug-likeness (QED) is 0.466. The third-order valence-corrected chi connectivity index (χ3v) is 8.04. The number of rotatable bonds is 5. The number of hydrogen-bond acceptors (Lipinski definition) is 5. The van der Waals surface area contributed by atoms with Crippen LogP contribution in [0.25, 0.3) is 11.0 Å². The highest BCUT2D eigenvalue weighted by Crippen LogP contribution is 2.36. The maximum Gasteiger partial charge on any atom is 0.417 e. The Bertz CT molecular complexity index is 1380. The van der Waals surface area contributed by atoms with Crippen molar-refractivity contribution in [1.82, 2.24) is 9.21 Å². The van der Waals surface area contributed by atoms with Crippen LogP contribution in [0.3, 0.4) is 0 Å². The highest BCUT2D eigenvalue weighted by molar-refractivity contribution is 7.89. The summed E-state index contributed by atoms with van der Waals surface area (Å²) >= 11 is 5.61. The Morgan fingerprint density at radius 1 is 1.11 bits per heavy atom. The third kappa shape index (κ3) is 4.85. The molecule has 7 nitrogen and oxygen atoms in total. The number of ether oxygens (including phenoxy) is 1. The molecular weight excluding hydrogens is 509 g/mol. The molecule has 0 saturated carbocycles. The minimum absolute atomic E-state index is 0.0540. The number of hydrogen-bond donors (Lipinski definition) is 0. The highest BCUT2D eigenvalue weighted by atomic mass is 35.5. The Kier molecular flexibility index (Phi) is 6.78. The maximum atomic E-state index is 13.2. The number of halogens is 4. The molecule has 12 heteroatoms. The van der Waals surface area contributed by atoms with E-state index in [-0.39, 0.29) is 37.8 Å². The second-order valence-electron chi connectivity index (χ2n) is 7.98. The van der Waals surface area contributed by atoms with E-state index in [2.05, 4.69) is 0 Å². The molecule has 3 aromatic rings. The van der Waals surface area contributed by atoms with Gasteiger partial charge in [0, 0.05) is 37.1 Å². The van der Waals surface area contributed by atoms with Gasteiger partial charge in [0.05, 0.1) is 22.1 Å². The first-order valence-electron chi connectivity index (χ1n) is 10.8.